The minimum Gasteiger partial charge on any atom is -0.493 e. The SMILES string of the molecule is CCCCOc1cccc(OC(N)=O)c1. The van der Waals surface area contributed by atoms with Gasteiger partial charge in [0.1, 0.15) is 11.5 Å². The van der Waals surface area contributed by atoms with E-state index in [2.05, 4.69) is 6.92 Å². The Hall–Kier alpha value is -1.71. The zero-order valence-corrected chi connectivity index (χ0v) is 8.73. The van der Waals surface area contributed by atoms with Gasteiger partial charge in [-0.15, -0.1) is 0 Å². The number of unbranched alkanes of at least 4 members (excludes halogenated alkanes) is 1. The predicted octanol–water partition coefficient (Wildman–Crippen LogP) is 2.32. The zero-order chi connectivity index (χ0) is 11.1. The minimum atomic E-state index is -0.819. The zero-order valence-electron chi connectivity index (χ0n) is 8.73. The molecule has 0 radical (unpaired) electrons. The molecule has 4 heteroatoms. The molecule has 0 aliphatic carbocycles. The average Bonchev–Trinajstić information content (AvgIpc) is 2.18. The number of benzene rings is 1. The lowest BCUT2D eigenvalue weighted by Crippen LogP contribution is -2.16. The van der Waals surface area contributed by atoms with Gasteiger partial charge in [0.2, 0.25) is 0 Å². The molecule has 0 bridgehead atoms. The highest BCUT2D eigenvalue weighted by atomic mass is 16.5. The Morgan fingerprint density at radius 2 is 2.13 bits per heavy atom. The van der Waals surface area contributed by atoms with Crippen LogP contribution in [0.25, 0.3) is 0 Å². The van der Waals surface area contributed by atoms with Crippen molar-refractivity contribution >= 4 is 6.09 Å². The summed E-state index contributed by atoms with van der Waals surface area (Å²) in [5, 5.41) is 0. The van der Waals surface area contributed by atoms with Crippen LogP contribution in [-0.4, -0.2) is 12.7 Å². The van der Waals surface area contributed by atoms with Crippen LogP contribution >= 0.6 is 0 Å². The molecule has 4 nitrogen and oxygen atoms in total. The van der Waals surface area contributed by atoms with E-state index in [0.717, 1.165) is 12.8 Å². The van der Waals surface area contributed by atoms with E-state index in [-0.39, 0.29) is 0 Å². The van der Waals surface area contributed by atoms with Gasteiger partial charge in [0, 0.05) is 6.07 Å². The van der Waals surface area contributed by atoms with Gasteiger partial charge in [-0.3, -0.25) is 0 Å². The molecule has 2 N–H and O–H groups in total. The standard InChI is InChI=1S/C11H15NO3/c1-2-3-7-14-9-5-4-6-10(8-9)15-11(12)13/h4-6,8H,2-3,7H2,1H3,(H2,12,13). The number of ether oxygens (including phenoxy) is 2. The maximum atomic E-state index is 10.5. The van der Waals surface area contributed by atoms with Gasteiger partial charge in [-0.25, -0.2) is 4.79 Å². The molecule has 0 fully saturated rings. The van der Waals surface area contributed by atoms with Crippen LogP contribution in [-0.2, 0) is 0 Å². The number of rotatable bonds is 5. The van der Waals surface area contributed by atoms with Gasteiger partial charge >= 0.3 is 6.09 Å². The fraction of sp³-hybridized carbons (Fsp3) is 0.364. The van der Waals surface area contributed by atoms with E-state index in [9.17, 15) is 4.79 Å². The van der Waals surface area contributed by atoms with Gasteiger partial charge in [0.15, 0.2) is 0 Å². The average molecular weight is 209 g/mol. The Morgan fingerprint density at radius 3 is 2.80 bits per heavy atom. The Bertz CT molecular complexity index is 325. The summed E-state index contributed by atoms with van der Waals surface area (Å²) in [7, 11) is 0. The van der Waals surface area contributed by atoms with Crippen LogP contribution in [0.4, 0.5) is 4.79 Å². The highest BCUT2D eigenvalue weighted by Gasteiger charge is 2.00. The molecule has 1 rings (SSSR count). The van der Waals surface area contributed by atoms with E-state index in [1.54, 1.807) is 18.2 Å². The molecular weight excluding hydrogens is 194 g/mol. The third-order valence-electron chi connectivity index (χ3n) is 1.79. The van der Waals surface area contributed by atoms with Crippen LogP contribution in [0.3, 0.4) is 0 Å². The number of nitrogens with two attached hydrogens (primary N) is 1. The molecular formula is C11H15NO3. The Labute approximate surface area is 89.0 Å². The van der Waals surface area contributed by atoms with Crippen LogP contribution in [0.2, 0.25) is 0 Å². The summed E-state index contributed by atoms with van der Waals surface area (Å²) in [6, 6.07) is 6.85. The van der Waals surface area contributed by atoms with Crippen molar-refractivity contribution in [3.05, 3.63) is 24.3 Å². The summed E-state index contributed by atoms with van der Waals surface area (Å²) >= 11 is 0. The first-order chi connectivity index (χ1) is 7.22. The summed E-state index contributed by atoms with van der Waals surface area (Å²) in [4.78, 5) is 10.5. The molecule has 1 aromatic rings. The molecule has 0 saturated heterocycles. The first kappa shape index (κ1) is 11.4. The van der Waals surface area contributed by atoms with Gasteiger partial charge in [-0.05, 0) is 18.6 Å². The molecule has 0 aliphatic rings. The van der Waals surface area contributed by atoms with Crippen molar-refractivity contribution in [2.75, 3.05) is 6.61 Å². The number of amides is 1. The molecule has 1 aromatic carbocycles. The summed E-state index contributed by atoms with van der Waals surface area (Å²) in [5.41, 5.74) is 4.89. The molecule has 0 unspecified atom stereocenters. The molecule has 0 atom stereocenters. The van der Waals surface area contributed by atoms with Crippen LogP contribution in [0.5, 0.6) is 11.5 Å². The van der Waals surface area contributed by atoms with Gasteiger partial charge in [-0.2, -0.15) is 0 Å². The number of carbonyl (C=O) groups is 1. The second-order valence-electron chi connectivity index (χ2n) is 3.10. The second-order valence-corrected chi connectivity index (χ2v) is 3.10. The van der Waals surface area contributed by atoms with Crippen molar-refractivity contribution in [1.82, 2.24) is 0 Å². The van der Waals surface area contributed by atoms with Crippen molar-refractivity contribution < 1.29 is 14.3 Å². The van der Waals surface area contributed by atoms with Crippen molar-refractivity contribution in [1.29, 1.82) is 0 Å². The predicted molar refractivity (Wildman–Crippen MR) is 57.1 cm³/mol. The maximum Gasteiger partial charge on any atom is 0.409 e. The lowest BCUT2D eigenvalue weighted by Gasteiger charge is -2.06. The van der Waals surface area contributed by atoms with E-state index >= 15 is 0 Å². The van der Waals surface area contributed by atoms with Gasteiger partial charge in [-0.1, -0.05) is 19.4 Å². The van der Waals surface area contributed by atoms with Crippen LogP contribution < -0.4 is 15.2 Å². The van der Waals surface area contributed by atoms with E-state index in [1.807, 2.05) is 6.07 Å². The van der Waals surface area contributed by atoms with Crippen LogP contribution in [0, 0.1) is 0 Å². The first-order valence-electron chi connectivity index (χ1n) is 4.92. The van der Waals surface area contributed by atoms with E-state index < -0.39 is 6.09 Å². The fourth-order valence-electron chi connectivity index (χ4n) is 1.08. The lowest BCUT2D eigenvalue weighted by atomic mass is 10.3. The molecule has 0 aromatic heterocycles. The largest absolute Gasteiger partial charge is 0.493 e. The fourth-order valence-corrected chi connectivity index (χ4v) is 1.08. The molecule has 82 valence electrons. The van der Waals surface area contributed by atoms with Gasteiger partial charge in [0.05, 0.1) is 6.61 Å². The van der Waals surface area contributed by atoms with E-state index in [1.165, 1.54) is 0 Å². The Kier molecular flexibility index (Phi) is 4.47. The van der Waals surface area contributed by atoms with Crippen molar-refractivity contribution in [3.63, 3.8) is 0 Å². The molecule has 1 amide bonds. The van der Waals surface area contributed by atoms with Crippen LogP contribution in [0.1, 0.15) is 19.8 Å². The quantitative estimate of drug-likeness (QED) is 0.757. The highest BCUT2D eigenvalue weighted by Crippen LogP contribution is 2.19. The van der Waals surface area contributed by atoms with Crippen molar-refractivity contribution in [2.45, 2.75) is 19.8 Å². The van der Waals surface area contributed by atoms with Crippen molar-refractivity contribution in [3.8, 4) is 11.5 Å². The molecule has 0 saturated carbocycles. The summed E-state index contributed by atoms with van der Waals surface area (Å²) < 4.78 is 10.2. The van der Waals surface area contributed by atoms with E-state index in [0.29, 0.717) is 18.1 Å². The van der Waals surface area contributed by atoms with Gasteiger partial charge < -0.3 is 15.2 Å². The molecule has 0 aliphatic heterocycles. The normalized spacial score (nSPS) is 9.67. The summed E-state index contributed by atoms with van der Waals surface area (Å²) in [6.45, 7) is 2.76. The number of hydrogen-bond acceptors (Lipinski definition) is 3. The topological polar surface area (TPSA) is 61.6 Å². The molecule has 0 heterocycles. The van der Waals surface area contributed by atoms with Crippen molar-refractivity contribution in [2.24, 2.45) is 5.73 Å². The third kappa shape index (κ3) is 4.35. The number of hydrogen-bond donors (Lipinski definition) is 1. The minimum absolute atomic E-state index is 0.400. The number of primary amides is 1. The Balaban J connectivity index is 2.53. The van der Waals surface area contributed by atoms with E-state index in [4.69, 9.17) is 15.2 Å². The summed E-state index contributed by atoms with van der Waals surface area (Å²) in [5.74, 6) is 1.08. The summed E-state index contributed by atoms with van der Waals surface area (Å²) in [6.07, 6.45) is 1.26. The smallest absolute Gasteiger partial charge is 0.409 e. The maximum absolute atomic E-state index is 10.5. The Morgan fingerprint density at radius 1 is 1.40 bits per heavy atom. The highest BCUT2D eigenvalue weighted by molar-refractivity contribution is 5.68. The first-order valence-corrected chi connectivity index (χ1v) is 4.92. The molecule has 0 spiro atoms. The molecule has 15 heavy (non-hydrogen) atoms. The lowest BCUT2D eigenvalue weighted by molar-refractivity contribution is 0.210. The number of carbonyl (C=O) groups excluding carboxylic acids is 1. The van der Waals surface area contributed by atoms with Crippen LogP contribution in [0.15, 0.2) is 24.3 Å². The van der Waals surface area contributed by atoms with Gasteiger partial charge in [0.25, 0.3) is 0 Å². The monoisotopic (exact) mass is 209 g/mol. The second kappa shape index (κ2) is 5.90. The third-order valence-corrected chi connectivity index (χ3v) is 1.79.